The monoisotopic (exact) mass is 408 g/mol. The highest BCUT2D eigenvalue weighted by atomic mass is 32.2. The predicted octanol–water partition coefficient (Wildman–Crippen LogP) is 3.70. The number of unbranched alkanes of at least 4 members (excludes halogenated alkanes) is 1. The van der Waals surface area contributed by atoms with Gasteiger partial charge in [0.2, 0.25) is 0 Å². The molecule has 2 saturated heterocycles. The van der Waals surface area contributed by atoms with Crippen LogP contribution in [0, 0.1) is 18.8 Å². The number of carbonyl (C=O) groups is 1. The van der Waals surface area contributed by atoms with Gasteiger partial charge < -0.3 is 9.84 Å². The van der Waals surface area contributed by atoms with Crippen LogP contribution < -0.4 is 0 Å². The molecule has 0 aromatic heterocycles. The third-order valence-electron chi connectivity index (χ3n) is 5.65. The number of benzene rings is 1. The highest BCUT2D eigenvalue weighted by Gasteiger charge is 2.48. The van der Waals surface area contributed by atoms with Gasteiger partial charge in [0.15, 0.2) is 0 Å². The molecule has 0 saturated carbocycles. The number of rotatable bonds is 10. The van der Waals surface area contributed by atoms with E-state index in [0.717, 1.165) is 31.2 Å². The molecule has 7 heteroatoms. The van der Waals surface area contributed by atoms with Gasteiger partial charge >= 0.3 is 5.97 Å². The average Bonchev–Trinajstić information content (AvgIpc) is 3.24. The summed E-state index contributed by atoms with van der Waals surface area (Å²) in [5.41, 5.74) is 0.996. The summed E-state index contributed by atoms with van der Waals surface area (Å²) in [4.78, 5) is 10.7. The first-order chi connectivity index (χ1) is 13.4. The quantitative estimate of drug-likeness (QED) is 0.361. The molecule has 28 heavy (non-hydrogen) atoms. The Bertz CT molecular complexity index is 799. The second-order valence-electron chi connectivity index (χ2n) is 7.66. The average molecular weight is 409 g/mol. The second kappa shape index (κ2) is 9.20. The molecule has 0 spiro atoms. The predicted molar refractivity (Wildman–Crippen MR) is 104 cm³/mol. The SMILES string of the molecule is Cc1ccc(S(=O)(=O)OC[C@@H]2[C@H](C/C=C\CCCC(=O)O)[C@@H]3CC[C@H]2O3)cc1. The van der Waals surface area contributed by atoms with Crippen LogP contribution in [-0.4, -0.2) is 38.3 Å². The van der Waals surface area contributed by atoms with Crippen LogP contribution in [0.2, 0.25) is 0 Å². The Kier molecular flexibility index (Phi) is 6.91. The summed E-state index contributed by atoms with van der Waals surface area (Å²) < 4.78 is 36.4. The Morgan fingerprint density at radius 3 is 2.54 bits per heavy atom. The lowest BCUT2D eigenvalue weighted by Crippen LogP contribution is -2.31. The van der Waals surface area contributed by atoms with Crippen molar-refractivity contribution in [2.45, 2.75) is 62.6 Å². The molecule has 1 N–H and O–H groups in total. The van der Waals surface area contributed by atoms with E-state index in [1.165, 1.54) is 0 Å². The molecule has 6 nitrogen and oxygen atoms in total. The van der Waals surface area contributed by atoms with Gasteiger partial charge in [0.1, 0.15) is 0 Å². The van der Waals surface area contributed by atoms with Gasteiger partial charge in [0.25, 0.3) is 10.1 Å². The largest absolute Gasteiger partial charge is 0.481 e. The molecule has 154 valence electrons. The summed E-state index contributed by atoms with van der Waals surface area (Å²) in [6, 6.07) is 6.66. The van der Waals surface area contributed by atoms with Gasteiger partial charge in [-0.1, -0.05) is 29.8 Å². The van der Waals surface area contributed by atoms with E-state index in [2.05, 4.69) is 6.08 Å². The standard InChI is InChI=1S/C21H28O6S/c1-15-8-10-16(11-9-15)28(24,25)26-14-18-17(19-12-13-20(18)27-19)6-4-2-3-5-7-21(22)23/h2,4,8-11,17-20H,3,5-7,12-14H2,1H3,(H,22,23)/b4-2-/t17-,18+,19-,20+/m0/s1. The molecule has 1 aromatic rings. The zero-order valence-electron chi connectivity index (χ0n) is 16.1. The summed E-state index contributed by atoms with van der Waals surface area (Å²) >= 11 is 0. The maximum atomic E-state index is 12.5. The molecule has 0 radical (unpaired) electrons. The number of carboxylic acids is 1. The van der Waals surface area contributed by atoms with E-state index in [1.54, 1.807) is 24.3 Å². The van der Waals surface area contributed by atoms with Crippen LogP contribution in [0.5, 0.6) is 0 Å². The van der Waals surface area contributed by atoms with Gasteiger partial charge in [-0.3, -0.25) is 8.98 Å². The summed E-state index contributed by atoms with van der Waals surface area (Å²) in [6.07, 6.45) is 8.58. The topological polar surface area (TPSA) is 89.9 Å². The van der Waals surface area contributed by atoms with Crippen LogP contribution in [0.4, 0.5) is 0 Å². The fourth-order valence-electron chi connectivity index (χ4n) is 4.11. The van der Waals surface area contributed by atoms with E-state index in [4.69, 9.17) is 14.0 Å². The highest BCUT2D eigenvalue weighted by molar-refractivity contribution is 7.86. The molecule has 2 aliphatic rings. The van der Waals surface area contributed by atoms with Crippen molar-refractivity contribution in [3.05, 3.63) is 42.0 Å². The molecule has 4 atom stereocenters. The normalized spacial score (nSPS) is 26.9. The van der Waals surface area contributed by atoms with E-state index in [-0.39, 0.29) is 42.0 Å². The molecule has 2 fully saturated rings. The summed E-state index contributed by atoms with van der Waals surface area (Å²) in [5, 5.41) is 8.67. The van der Waals surface area contributed by atoms with Crippen molar-refractivity contribution in [2.24, 2.45) is 11.8 Å². The zero-order chi connectivity index (χ0) is 20.1. The lowest BCUT2D eigenvalue weighted by molar-refractivity contribution is -0.137. The van der Waals surface area contributed by atoms with E-state index in [9.17, 15) is 13.2 Å². The van der Waals surface area contributed by atoms with Crippen molar-refractivity contribution < 1.29 is 27.2 Å². The molecule has 2 aliphatic heterocycles. The first-order valence-corrected chi connectivity index (χ1v) is 11.3. The fourth-order valence-corrected chi connectivity index (χ4v) is 5.05. The molecular formula is C21H28O6S. The van der Waals surface area contributed by atoms with Crippen LogP contribution in [-0.2, 0) is 23.8 Å². The van der Waals surface area contributed by atoms with Crippen LogP contribution >= 0.6 is 0 Å². The van der Waals surface area contributed by atoms with Gasteiger partial charge in [-0.15, -0.1) is 0 Å². The minimum absolute atomic E-state index is 0.0580. The van der Waals surface area contributed by atoms with Crippen molar-refractivity contribution in [1.82, 2.24) is 0 Å². The smallest absolute Gasteiger partial charge is 0.303 e. The number of fused-ring (bicyclic) bond motifs is 2. The molecule has 0 unspecified atom stereocenters. The minimum atomic E-state index is -3.77. The maximum absolute atomic E-state index is 12.5. The van der Waals surface area contributed by atoms with E-state index in [1.807, 2.05) is 13.0 Å². The molecule has 2 bridgehead atoms. The second-order valence-corrected chi connectivity index (χ2v) is 9.28. The Hall–Kier alpha value is -1.70. The third kappa shape index (κ3) is 5.21. The van der Waals surface area contributed by atoms with E-state index >= 15 is 0 Å². The van der Waals surface area contributed by atoms with Crippen molar-refractivity contribution >= 4 is 16.1 Å². The molecular weight excluding hydrogens is 380 g/mol. The Morgan fingerprint density at radius 2 is 1.86 bits per heavy atom. The Morgan fingerprint density at radius 1 is 1.18 bits per heavy atom. The lowest BCUT2D eigenvalue weighted by Gasteiger charge is -2.26. The van der Waals surface area contributed by atoms with Crippen LogP contribution in [0.15, 0.2) is 41.3 Å². The number of allylic oxidation sites excluding steroid dienone is 2. The van der Waals surface area contributed by atoms with Crippen molar-refractivity contribution in [3.63, 3.8) is 0 Å². The summed E-state index contributed by atoms with van der Waals surface area (Å²) in [7, 11) is -3.77. The number of aliphatic carboxylic acids is 1. The number of carboxylic acid groups (broad SMARTS) is 1. The van der Waals surface area contributed by atoms with Crippen LogP contribution in [0.3, 0.4) is 0 Å². The maximum Gasteiger partial charge on any atom is 0.303 e. The number of aryl methyl sites for hydroxylation is 1. The fraction of sp³-hybridized carbons (Fsp3) is 0.571. The van der Waals surface area contributed by atoms with Crippen molar-refractivity contribution in [2.75, 3.05) is 6.61 Å². The molecule has 0 amide bonds. The first kappa shape index (κ1) is 21.0. The van der Waals surface area contributed by atoms with E-state index in [0.29, 0.717) is 6.42 Å². The van der Waals surface area contributed by atoms with E-state index < -0.39 is 16.1 Å². The van der Waals surface area contributed by atoms with Crippen molar-refractivity contribution in [3.8, 4) is 0 Å². The molecule has 0 aliphatic carbocycles. The minimum Gasteiger partial charge on any atom is -0.481 e. The van der Waals surface area contributed by atoms with Crippen molar-refractivity contribution in [1.29, 1.82) is 0 Å². The Labute approximate surface area is 166 Å². The molecule has 2 heterocycles. The van der Waals surface area contributed by atoms with Gasteiger partial charge in [-0.2, -0.15) is 8.42 Å². The number of hydrogen-bond acceptors (Lipinski definition) is 5. The lowest BCUT2D eigenvalue weighted by atomic mass is 9.78. The van der Waals surface area contributed by atoms with Gasteiger partial charge in [-0.05, 0) is 57.1 Å². The molecule has 1 aromatic carbocycles. The highest BCUT2D eigenvalue weighted by Crippen LogP contribution is 2.45. The van der Waals surface area contributed by atoms with Crippen LogP contribution in [0.1, 0.15) is 44.1 Å². The first-order valence-electron chi connectivity index (χ1n) is 9.85. The van der Waals surface area contributed by atoms with Crippen LogP contribution in [0.25, 0.3) is 0 Å². The summed E-state index contributed by atoms with van der Waals surface area (Å²) in [5.74, 6) is -0.479. The van der Waals surface area contributed by atoms with Gasteiger partial charge in [-0.25, -0.2) is 0 Å². The molecule has 3 rings (SSSR count). The van der Waals surface area contributed by atoms with Gasteiger partial charge in [0.05, 0.1) is 23.7 Å². The Balaban J connectivity index is 1.55. The number of hydrogen-bond donors (Lipinski definition) is 1. The zero-order valence-corrected chi connectivity index (χ0v) is 16.9. The van der Waals surface area contributed by atoms with Gasteiger partial charge in [0, 0.05) is 12.3 Å². The third-order valence-corrected chi connectivity index (χ3v) is 6.95. The summed E-state index contributed by atoms with van der Waals surface area (Å²) in [6.45, 7) is 2.04. The number of ether oxygens (including phenoxy) is 1.